The molecule has 1 atom stereocenters. The zero-order valence-electron chi connectivity index (χ0n) is 19.2. The van der Waals surface area contributed by atoms with E-state index in [2.05, 4.69) is 13.8 Å². The number of aliphatic hydroxyl groups excluding tert-OH is 1. The van der Waals surface area contributed by atoms with E-state index in [1.165, 1.54) is 17.0 Å². The molecule has 3 aromatic rings. The fourth-order valence-corrected chi connectivity index (χ4v) is 5.87. The van der Waals surface area contributed by atoms with Crippen molar-refractivity contribution < 1.29 is 18.3 Å². The molecule has 1 heterocycles. The van der Waals surface area contributed by atoms with Crippen LogP contribution >= 0.6 is 11.6 Å². The van der Waals surface area contributed by atoms with Crippen LogP contribution in [0, 0.1) is 6.92 Å². The Morgan fingerprint density at radius 3 is 2.09 bits per heavy atom. The zero-order chi connectivity index (χ0) is 24.6. The Morgan fingerprint density at radius 2 is 1.53 bits per heavy atom. The smallest absolute Gasteiger partial charge is 0.290 e. The van der Waals surface area contributed by atoms with Crippen molar-refractivity contribution in [2.24, 2.45) is 0 Å². The van der Waals surface area contributed by atoms with Crippen LogP contribution in [0.2, 0.25) is 5.02 Å². The van der Waals surface area contributed by atoms with E-state index in [9.17, 15) is 18.3 Å². The monoisotopic (exact) mass is 495 g/mol. The molecule has 0 aromatic heterocycles. The molecule has 1 aliphatic rings. The van der Waals surface area contributed by atoms with Crippen molar-refractivity contribution in [1.82, 2.24) is 4.90 Å². The largest absolute Gasteiger partial charge is 0.502 e. The van der Waals surface area contributed by atoms with E-state index < -0.39 is 27.5 Å². The topological polar surface area (TPSA) is 74.7 Å². The third-order valence-corrected chi connectivity index (χ3v) is 8.20. The van der Waals surface area contributed by atoms with Gasteiger partial charge in [0.05, 0.1) is 10.9 Å². The van der Waals surface area contributed by atoms with Gasteiger partial charge < -0.3 is 10.0 Å². The molecule has 4 rings (SSSR count). The van der Waals surface area contributed by atoms with Gasteiger partial charge in [0.2, 0.25) is 9.84 Å². The normalized spacial score (nSPS) is 16.6. The second kappa shape index (κ2) is 9.28. The molecular formula is C27H26ClNO4S. The van der Waals surface area contributed by atoms with Crippen LogP contribution in [-0.4, -0.2) is 24.3 Å². The van der Waals surface area contributed by atoms with Crippen LogP contribution in [0.25, 0.3) is 0 Å². The van der Waals surface area contributed by atoms with E-state index in [4.69, 9.17) is 11.6 Å². The number of hydrogen-bond acceptors (Lipinski definition) is 4. The van der Waals surface area contributed by atoms with Crippen molar-refractivity contribution in [3.8, 4) is 0 Å². The summed E-state index contributed by atoms with van der Waals surface area (Å²) in [7, 11) is -4.15. The van der Waals surface area contributed by atoms with E-state index in [1.807, 2.05) is 31.2 Å². The van der Waals surface area contributed by atoms with Gasteiger partial charge in [-0.25, -0.2) is 8.42 Å². The highest BCUT2D eigenvalue weighted by molar-refractivity contribution is 7.95. The van der Waals surface area contributed by atoms with Gasteiger partial charge in [-0.15, -0.1) is 0 Å². The van der Waals surface area contributed by atoms with Crippen LogP contribution in [0.3, 0.4) is 0 Å². The summed E-state index contributed by atoms with van der Waals surface area (Å²) in [5.41, 5.74) is 3.38. The quantitative estimate of drug-likeness (QED) is 0.448. The number of aliphatic hydroxyl groups is 1. The van der Waals surface area contributed by atoms with E-state index in [1.54, 1.807) is 36.4 Å². The first-order valence-corrected chi connectivity index (χ1v) is 12.9. The van der Waals surface area contributed by atoms with Crippen molar-refractivity contribution in [3.63, 3.8) is 0 Å². The number of amides is 1. The minimum Gasteiger partial charge on any atom is -0.502 e. The predicted octanol–water partition coefficient (Wildman–Crippen LogP) is 6.10. The summed E-state index contributed by atoms with van der Waals surface area (Å²) in [5, 5.41) is 11.4. The highest BCUT2D eigenvalue weighted by Crippen LogP contribution is 2.43. The third-order valence-electron chi connectivity index (χ3n) is 6.06. The summed E-state index contributed by atoms with van der Waals surface area (Å²) in [4.78, 5) is 14.3. The van der Waals surface area contributed by atoms with Crippen molar-refractivity contribution in [3.05, 3.63) is 111 Å². The fourth-order valence-electron chi connectivity index (χ4n) is 4.09. The zero-order valence-corrected chi connectivity index (χ0v) is 20.8. The summed E-state index contributed by atoms with van der Waals surface area (Å²) in [5.74, 6) is -1.17. The van der Waals surface area contributed by atoms with Crippen LogP contribution in [0.1, 0.15) is 48.1 Å². The van der Waals surface area contributed by atoms with E-state index in [0.29, 0.717) is 16.5 Å². The number of carbonyl (C=O) groups excluding carboxylic acids is 1. The number of nitrogens with zero attached hydrogens (tertiary/aromatic N) is 1. The molecule has 0 unspecified atom stereocenters. The summed E-state index contributed by atoms with van der Waals surface area (Å²) in [6, 6.07) is 19.9. The second-order valence-electron chi connectivity index (χ2n) is 8.81. The number of hydrogen-bond donors (Lipinski definition) is 1. The fraction of sp³-hybridized carbons (Fsp3) is 0.222. The molecular weight excluding hydrogens is 470 g/mol. The van der Waals surface area contributed by atoms with Crippen LogP contribution in [0.4, 0.5) is 0 Å². The number of rotatable bonds is 6. The van der Waals surface area contributed by atoms with Crippen molar-refractivity contribution in [2.75, 3.05) is 0 Å². The molecule has 7 heteroatoms. The Balaban J connectivity index is 1.84. The van der Waals surface area contributed by atoms with Gasteiger partial charge in [0, 0.05) is 11.6 Å². The van der Waals surface area contributed by atoms with Gasteiger partial charge in [-0.3, -0.25) is 4.79 Å². The first-order valence-electron chi connectivity index (χ1n) is 11.0. The molecule has 5 nitrogen and oxygen atoms in total. The number of aryl methyl sites for hydroxylation is 1. The lowest BCUT2D eigenvalue weighted by atomic mass is 9.98. The minimum atomic E-state index is -4.15. The Labute approximate surface area is 205 Å². The van der Waals surface area contributed by atoms with Gasteiger partial charge in [0.1, 0.15) is 4.91 Å². The average Bonchev–Trinajstić information content (AvgIpc) is 3.06. The molecule has 1 aliphatic heterocycles. The lowest BCUT2D eigenvalue weighted by Gasteiger charge is -2.27. The average molecular weight is 496 g/mol. The first-order chi connectivity index (χ1) is 16.1. The lowest BCUT2D eigenvalue weighted by molar-refractivity contribution is -0.130. The molecule has 176 valence electrons. The third kappa shape index (κ3) is 4.48. The standard InChI is InChI=1S/C27H26ClNO4S/c1-17(2)20-8-10-21(11-9-20)24-26(34(32,33)23-14-4-18(3)5-15-23)25(30)27(31)29(24)16-19-6-12-22(28)13-7-19/h4-15,17,24,30H,16H2,1-3H3/t24-/m0/s1. The summed E-state index contributed by atoms with van der Waals surface area (Å²) >= 11 is 6.00. The number of benzene rings is 3. The molecule has 34 heavy (non-hydrogen) atoms. The first kappa shape index (κ1) is 24.0. The van der Waals surface area contributed by atoms with Crippen LogP contribution in [-0.2, 0) is 21.2 Å². The highest BCUT2D eigenvalue weighted by Gasteiger charge is 2.46. The molecule has 0 aliphatic carbocycles. The predicted molar refractivity (Wildman–Crippen MR) is 133 cm³/mol. The van der Waals surface area contributed by atoms with Crippen LogP contribution in [0.5, 0.6) is 0 Å². The van der Waals surface area contributed by atoms with Gasteiger partial charge in [-0.2, -0.15) is 0 Å². The molecule has 0 radical (unpaired) electrons. The number of halogens is 1. The maximum atomic E-state index is 13.7. The van der Waals surface area contributed by atoms with E-state index in [0.717, 1.165) is 16.7 Å². The summed E-state index contributed by atoms with van der Waals surface area (Å²) < 4.78 is 27.4. The van der Waals surface area contributed by atoms with Crippen LogP contribution < -0.4 is 0 Å². The van der Waals surface area contributed by atoms with Crippen LogP contribution in [0.15, 0.2) is 88.4 Å². The van der Waals surface area contributed by atoms with Crippen molar-refractivity contribution in [1.29, 1.82) is 0 Å². The SMILES string of the molecule is Cc1ccc(S(=O)(=O)C2=C(O)C(=O)N(Cc3ccc(Cl)cc3)[C@H]2c2ccc(C(C)C)cc2)cc1. The molecule has 3 aromatic carbocycles. The van der Waals surface area contributed by atoms with Crippen molar-refractivity contribution in [2.45, 2.75) is 44.2 Å². The summed E-state index contributed by atoms with van der Waals surface area (Å²) in [6.07, 6.45) is 0. The summed E-state index contributed by atoms with van der Waals surface area (Å²) in [6.45, 7) is 6.11. The number of sulfone groups is 1. The molecule has 0 fully saturated rings. The second-order valence-corrected chi connectivity index (χ2v) is 11.2. The molecule has 1 N–H and O–H groups in total. The maximum Gasteiger partial charge on any atom is 0.290 e. The lowest BCUT2D eigenvalue weighted by Crippen LogP contribution is -2.30. The van der Waals surface area contributed by atoms with Gasteiger partial charge in [0.15, 0.2) is 5.76 Å². The van der Waals surface area contributed by atoms with E-state index >= 15 is 0 Å². The maximum absolute atomic E-state index is 13.7. The molecule has 1 amide bonds. The van der Waals surface area contributed by atoms with Crippen molar-refractivity contribution >= 4 is 27.3 Å². The highest BCUT2D eigenvalue weighted by atomic mass is 35.5. The Morgan fingerprint density at radius 1 is 0.941 bits per heavy atom. The Bertz CT molecular complexity index is 1340. The molecule has 0 bridgehead atoms. The van der Waals surface area contributed by atoms with Gasteiger partial charge in [0.25, 0.3) is 5.91 Å². The van der Waals surface area contributed by atoms with Gasteiger partial charge >= 0.3 is 0 Å². The number of carbonyl (C=O) groups is 1. The molecule has 0 saturated carbocycles. The van der Waals surface area contributed by atoms with Gasteiger partial charge in [-0.1, -0.05) is 79.5 Å². The molecule has 0 saturated heterocycles. The Hall–Kier alpha value is -3.09. The Kier molecular flexibility index (Phi) is 6.56. The molecule has 0 spiro atoms. The van der Waals surface area contributed by atoms with Gasteiger partial charge in [-0.05, 0) is 53.8 Å². The minimum absolute atomic E-state index is 0.0320. The van der Waals surface area contributed by atoms with E-state index in [-0.39, 0.29) is 16.3 Å².